The number of amides is 1. The SMILES string of the molecule is COc1cccc(-c2nsc(NC(=O)[C@H]3COc4ccccc4O3)n2)c1. The van der Waals surface area contributed by atoms with E-state index in [-0.39, 0.29) is 12.5 Å². The highest BCUT2D eigenvalue weighted by Crippen LogP contribution is 2.31. The first-order valence-corrected chi connectivity index (χ1v) is 8.68. The first kappa shape index (κ1) is 16.3. The largest absolute Gasteiger partial charge is 0.497 e. The van der Waals surface area contributed by atoms with Crippen molar-refractivity contribution in [2.75, 3.05) is 19.0 Å². The highest BCUT2D eigenvalue weighted by molar-refractivity contribution is 7.10. The van der Waals surface area contributed by atoms with Crippen LogP contribution in [-0.4, -0.2) is 35.1 Å². The monoisotopic (exact) mass is 369 g/mol. The van der Waals surface area contributed by atoms with Crippen molar-refractivity contribution in [1.29, 1.82) is 0 Å². The van der Waals surface area contributed by atoms with E-state index in [1.165, 1.54) is 0 Å². The van der Waals surface area contributed by atoms with Gasteiger partial charge in [0.1, 0.15) is 12.4 Å². The van der Waals surface area contributed by atoms with Crippen molar-refractivity contribution < 1.29 is 19.0 Å². The fourth-order valence-corrected chi connectivity index (χ4v) is 3.08. The summed E-state index contributed by atoms with van der Waals surface area (Å²) in [6.07, 6.45) is -0.742. The van der Waals surface area contributed by atoms with E-state index in [1.807, 2.05) is 36.4 Å². The number of benzene rings is 2. The van der Waals surface area contributed by atoms with Crippen LogP contribution in [0, 0.1) is 0 Å². The molecule has 2 heterocycles. The van der Waals surface area contributed by atoms with Gasteiger partial charge in [-0.05, 0) is 24.3 Å². The van der Waals surface area contributed by atoms with E-state index in [4.69, 9.17) is 14.2 Å². The molecule has 0 saturated heterocycles. The highest BCUT2D eigenvalue weighted by atomic mass is 32.1. The van der Waals surface area contributed by atoms with Crippen molar-refractivity contribution >= 4 is 22.6 Å². The van der Waals surface area contributed by atoms with E-state index >= 15 is 0 Å². The first-order chi connectivity index (χ1) is 12.7. The summed E-state index contributed by atoms with van der Waals surface area (Å²) in [5.41, 5.74) is 0.812. The van der Waals surface area contributed by atoms with Gasteiger partial charge in [-0.15, -0.1) is 0 Å². The third-order valence-electron chi connectivity index (χ3n) is 3.79. The van der Waals surface area contributed by atoms with Crippen LogP contribution >= 0.6 is 11.5 Å². The first-order valence-electron chi connectivity index (χ1n) is 7.90. The third-order valence-corrected chi connectivity index (χ3v) is 4.42. The van der Waals surface area contributed by atoms with Crippen molar-refractivity contribution in [2.24, 2.45) is 0 Å². The van der Waals surface area contributed by atoms with Gasteiger partial charge in [0.05, 0.1) is 7.11 Å². The second-order valence-electron chi connectivity index (χ2n) is 5.51. The maximum absolute atomic E-state index is 12.4. The molecule has 1 aliphatic rings. The topological polar surface area (TPSA) is 82.6 Å². The lowest BCUT2D eigenvalue weighted by Crippen LogP contribution is -2.40. The Balaban J connectivity index is 1.45. The zero-order valence-corrected chi connectivity index (χ0v) is 14.7. The number of aromatic nitrogens is 2. The van der Waals surface area contributed by atoms with E-state index in [0.717, 1.165) is 17.1 Å². The molecule has 0 saturated carbocycles. The Bertz CT molecular complexity index is 943. The van der Waals surface area contributed by atoms with Gasteiger partial charge >= 0.3 is 0 Å². The van der Waals surface area contributed by atoms with Crippen LogP contribution < -0.4 is 19.5 Å². The maximum Gasteiger partial charge on any atom is 0.270 e. The molecule has 1 N–H and O–H groups in total. The van der Waals surface area contributed by atoms with Gasteiger partial charge in [0.15, 0.2) is 17.3 Å². The van der Waals surface area contributed by atoms with E-state index in [1.54, 1.807) is 19.2 Å². The molecule has 0 aliphatic carbocycles. The third kappa shape index (κ3) is 3.31. The molecule has 26 heavy (non-hydrogen) atoms. The Kier molecular flexibility index (Phi) is 4.40. The number of nitrogens with one attached hydrogen (secondary N) is 1. The van der Waals surface area contributed by atoms with Crippen LogP contribution in [0.4, 0.5) is 5.13 Å². The maximum atomic E-state index is 12.4. The van der Waals surface area contributed by atoms with Crippen molar-refractivity contribution in [3.05, 3.63) is 48.5 Å². The highest BCUT2D eigenvalue weighted by Gasteiger charge is 2.28. The fourth-order valence-electron chi connectivity index (χ4n) is 2.49. The van der Waals surface area contributed by atoms with Crippen molar-refractivity contribution in [2.45, 2.75) is 6.10 Å². The van der Waals surface area contributed by atoms with Crippen LogP contribution in [0.15, 0.2) is 48.5 Å². The molecule has 0 spiro atoms. The zero-order chi connectivity index (χ0) is 17.9. The van der Waals surface area contributed by atoms with Gasteiger partial charge < -0.3 is 14.2 Å². The quantitative estimate of drug-likeness (QED) is 0.761. The molecule has 1 atom stereocenters. The molecule has 1 aliphatic heterocycles. The molecule has 7 nitrogen and oxygen atoms in total. The average Bonchev–Trinajstić information content (AvgIpc) is 3.16. The molecule has 1 amide bonds. The van der Waals surface area contributed by atoms with Crippen molar-refractivity contribution in [1.82, 2.24) is 9.36 Å². The number of fused-ring (bicyclic) bond motifs is 1. The molecule has 0 unspecified atom stereocenters. The standard InChI is InChI=1S/C18H15N3O4S/c1-23-12-6-4-5-11(9-12)16-19-18(26-21-16)20-17(22)15-10-24-13-7-2-3-8-14(13)25-15/h2-9,15H,10H2,1H3,(H,19,20,21,22)/t15-/m1/s1. The summed E-state index contributed by atoms with van der Waals surface area (Å²) < 4.78 is 20.7. The number of carbonyl (C=O) groups excluding carboxylic acids is 1. The van der Waals surface area contributed by atoms with Gasteiger partial charge in [0.2, 0.25) is 11.2 Å². The Morgan fingerprint density at radius 2 is 2.08 bits per heavy atom. The number of hydrogen-bond acceptors (Lipinski definition) is 7. The van der Waals surface area contributed by atoms with E-state index in [0.29, 0.717) is 28.2 Å². The lowest BCUT2D eigenvalue weighted by Gasteiger charge is -2.25. The molecule has 1 aromatic heterocycles. The number of para-hydroxylation sites is 2. The summed E-state index contributed by atoms with van der Waals surface area (Å²) in [7, 11) is 1.60. The van der Waals surface area contributed by atoms with Gasteiger partial charge in [0.25, 0.3) is 5.91 Å². The summed E-state index contributed by atoms with van der Waals surface area (Å²) in [6.45, 7) is 0.143. The number of rotatable bonds is 4. The number of nitrogens with zero attached hydrogens (tertiary/aromatic N) is 2. The van der Waals surface area contributed by atoms with Crippen molar-refractivity contribution in [3.8, 4) is 28.6 Å². The minimum absolute atomic E-state index is 0.143. The Hall–Kier alpha value is -3.13. The molecule has 0 bridgehead atoms. The molecular weight excluding hydrogens is 354 g/mol. The van der Waals surface area contributed by atoms with Gasteiger partial charge in [-0.1, -0.05) is 24.3 Å². The lowest BCUT2D eigenvalue weighted by molar-refractivity contribution is -0.125. The summed E-state index contributed by atoms with van der Waals surface area (Å²) in [5.74, 6) is 2.10. The Labute approximate surface area is 153 Å². The van der Waals surface area contributed by atoms with Gasteiger partial charge in [0, 0.05) is 17.1 Å². The number of ether oxygens (including phenoxy) is 3. The molecule has 2 aromatic carbocycles. The van der Waals surface area contributed by atoms with Gasteiger partial charge in [-0.25, -0.2) is 0 Å². The Morgan fingerprint density at radius 3 is 2.92 bits per heavy atom. The minimum Gasteiger partial charge on any atom is -0.497 e. The van der Waals surface area contributed by atoms with Crippen LogP contribution in [0.2, 0.25) is 0 Å². The van der Waals surface area contributed by atoms with E-state index in [2.05, 4.69) is 14.7 Å². The van der Waals surface area contributed by atoms with Crippen LogP contribution in [0.25, 0.3) is 11.4 Å². The average molecular weight is 369 g/mol. The predicted molar refractivity (Wildman–Crippen MR) is 96.9 cm³/mol. The number of carbonyl (C=O) groups is 1. The second kappa shape index (κ2) is 7.01. The second-order valence-corrected chi connectivity index (χ2v) is 6.26. The summed E-state index contributed by atoms with van der Waals surface area (Å²) in [6, 6.07) is 14.7. The number of anilines is 1. The number of hydrogen-bond donors (Lipinski definition) is 1. The molecule has 0 fully saturated rings. The van der Waals surface area contributed by atoms with Crippen LogP contribution in [-0.2, 0) is 4.79 Å². The minimum atomic E-state index is -0.742. The molecule has 0 radical (unpaired) electrons. The summed E-state index contributed by atoms with van der Waals surface area (Å²) in [5, 5.41) is 3.13. The Morgan fingerprint density at radius 1 is 1.23 bits per heavy atom. The van der Waals surface area contributed by atoms with Gasteiger partial charge in [-0.3, -0.25) is 10.1 Å². The molecule has 3 aromatic rings. The molecule has 8 heteroatoms. The fraction of sp³-hybridized carbons (Fsp3) is 0.167. The zero-order valence-electron chi connectivity index (χ0n) is 13.8. The predicted octanol–water partition coefficient (Wildman–Crippen LogP) is 2.99. The summed E-state index contributed by atoms with van der Waals surface area (Å²) >= 11 is 1.11. The summed E-state index contributed by atoms with van der Waals surface area (Å²) in [4.78, 5) is 16.8. The van der Waals surface area contributed by atoms with Crippen LogP contribution in [0.3, 0.4) is 0 Å². The molecule has 132 valence electrons. The normalized spacial score (nSPS) is 15.3. The molecule has 4 rings (SSSR count). The van der Waals surface area contributed by atoms with Gasteiger partial charge in [-0.2, -0.15) is 9.36 Å². The van der Waals surface area contributed by atoms with Crippen molar-refractivity contribution in [3.63, 3.8) is 0 Å². The van der Waals surface area contributed by atoms with Crippen LogP contribution in [0.1, 0.15) is 0 Å². The number of methoxy groups -OCH3 is 1. The van der Waals surface area contributed by atoms with Crippen LogP contribution in [0.5, 0.6) is 17.2 Å². The van der Waals surface area contributed by atoms with E-state index < -0.39 is 6.10 Å². The van der Waals surface area contributed by atoms with E-state index in [9.17, 15) is 4.79 Å². The smallest absolute Gasteiger partial charge is 0.270 e. The lowest BCUT2D eigenvalue weighted by atomic mass is 10.2. The molecular formula is C18H15N3O4S.